The molecule has 4 amide bonds. The van der Waals surface area contributed by atoms with E-state index in [1.807, 2.05) is 62.3 Å². The molecule has 5 aliphatic rings. The van der Waals surface area contributed by atoms with Crippen LogP contribution < -0.4 is 5.32 Å². The molecular formula is C70H103Al2F8N5O19S5. The van der Waals surface area contributed by atoms with E-state index < -0.39 is 115 Å². The molecule has 6 N–H and O–H groups in total. The summed E-state index contributed by atoms with van der Waals surface area (Å²) in [7, 11) is -10.7. The Kier molecular flexibility index (Phi) is 44.4. The monoisotopic (exact) mass is 1680 g/mol. The first-order valence-electron chi connectivity index (χ1n) is 34.0. The third-order valence-corrected chi connectivity index (χ3v) is 22.2. The number of piperidine rings is 5. The maximum absolute atomic E-state index is 13.3. The normalized spacial score (nSPS) is 16.4. The van der Waals surface area contributed by atoms with Crippen molar-refractivity contribution in [1.29, 1.82) is 0 Å². The standard InChI is InChI=1S/C16H21F2NO4S.C16H21F2NO2S.C11H13F2NO2S.C11H21NO5S.C10H19NO3.C6H4F2S.2Al.2H2O.O/c1-16(2,3)23-15(20)19-8-6-11(7-9-19)24(21,22)12-4-5-13(17)14(18)10-12;1-16(2,3)21-15(20)19-8-6-11(7-9-19)22-12-4-5-13(17)14(18)10-12;12-10-2-1-9(7-11(10)13)17(15,16)8-3-5-14-6-4-8;1-11(2,3)16-10(13)12-7-5-9(6-8-12)17-18(4,14)15;1-10(2,3)14-9(13)11-6-4-8(12)5-7-11;7-5-2-1-4(9)3-6(5)8;;;;;/h4-5,10-11H,6-9H2,1-3H3;4-5,10-11H,6-9H2,1-3H3;1-2,7-8,14H,3-6H2;9H,5-8H2,1-4H3;8,12H,4-7H2,1-3H3;1-3,9H;;;2*1H2;. The summed E-state index contributed by atoms with van der Waals surface area (Å²) in [4.78, 5) is 54.4. The SMILES string of the molecule is CC(C)(C)OC(=O)N1CCC(O)CC1.CC(C)(C)OC(=O)N1CCC(OS(C)(=O)=O)CC1.CC(C)(C)OC(=O)N1CCC(S(=O)(=O)c2ccc(F)c(F)c2)CC1.CC(C)(C)OC(=O)N1CCC(Sc2ccc(F)c(F)c2)CC1.Fc1ccc(S)cc1F.O.O.O=S(=O)(c1ccc(F)c(F)c1)C1CCNCC1.[Al].[O]=[Al]. The van der Waals surface area contributed by atoms with Crippen LogP contribution in [0.5, 0.6) is 0 Å². The zero-order valence-electron chi connectivity index (χ0n) is 63.5. The molecule has 4 radical (unpaired) electrons. The number of aliphatic hydroxyl groups is 1. The third-order valence-electron chi connectivity index (χ3n) is 15.4. The number of hydrogen-bond donors (Lipinski definition) is 3. The molecule has 0 unspecified atom stereocenters. The Balaban J connectivity index is 0.00000129. The molecule has 39 heteroatoms. The Morgan fingerprint density at radius 1 is 0.450 bits per heavy atom. The molecule has 0 saturated carbocycles. The fourth-order valence-electron chi connectivity index (χ4n) is 10.3. The molecule has 0 aromatic heterocycles. The predicted octanol–water partition coefficient (Wildman–Crippen LogP) is 11.5. The Hall–Kier alpha value is -5.39. The van der Waals surface area contributed by atoms with Gasteiger partial charge in [-0.05, 0) is 233 Å². The second-order valence-electron chi connectivity index (χ2n) is 29.0. The topological polar surface area (TPSA) is 342 Å². The van der Waals surface area contributed by atoms with Gasteiger partial charge in [0.15, 0.2) is 66.2 Å². The number of benzene rings is 4. The minimum atomic E-state index is -3.77. The van der Waals surface area contributed by atoms with Gasteiger partial charge in [0, 0.05) is 84.8 Å². The molecule has 5 aliphatic heterocycles. The van der Waals surface area contributed by atoms with Crippen LogP contribution in [0.4, 0.5) is 54.3 Å². The minimum absolute atomic E-state index is 0. The van der Waals surface area contributed by atoms with Gasteiger partial charge in [0.1, 0.15) is 22.4 Å². The summed E-state index contributed by atoms with van der Waals surface area (Å²) in [6.45, 7) is 26.9. The van der Waals surface area contributed by atoms with E-state index in [-0.39, 0.29) is 94.5 Å². The summed E-state index contributed by atoms with van der Waals surface area (Å²) in [6.07, 6.45) is 4.42. The van der Waals surface area contributed by atoms with Crippen LogP contribution >= 0.6 is 24.4 Å². The summed E-state index contributed by atoms with van der Waals surface area (Å²) < 4.78 is 208. The molecule has 24 nitrogen and oxygen atoms in total. The Bertz CT molecular complexity index is 3860. The van der Waals surface area contributed by atoms with Gasteiger partial charge in [0.05, 0.1) is 38.8 Å². The van der Waals surface area contributed by atoms with Crippen molar-refractivity contribution in [2.45, 2.75) is 217 Å². The van der Waals surface area contributed by atoms with Crippen molar-refractivity contribution in [2.24, 2.45) is 0 Å². The van der Waals surface area contributed by atoms with Crippen LogP contribution in [0.3, 0.4) is 0 Å². The van der Waals surface area contributed by atoms with Crippen LogP contribution in [0, 0.1) is 46.5 Å². The zero-order chi connectivity index (χ0) is 80.5. The number of nitrogens with one attached hydrogen (secondary N) is 1. The average molecular weight is 1680 g/mol. The van der Waals surface area contributed by atoms with Crippen LogP contribution in [-0.4, -0.2) is 241 Å². The van der Waals surface area contributed by atoms with Crippen molar-refractivity contribution in [2.75, 3.05) is 71.7 Å². The molecule has 0 spiro atoms. The van der Waals surface area contributed by atoms with Crippen LogP contribution in [-0.2, 0) is 56.7 Å². The number of thiol groups is 1. The molecule has 614 valence electrons. The van der Waals surface area contributed by atoms with Crippen molar-refractivity contribution in [3.05, 3.63) is 119 Å². The molecule has 4 aromatic rings. The number of aliphatic hydroxyl groups excluding tert-OH is 1. The van der Waals surface area contributed by atoms with Gasteiger partial charge in [0.25, 0.3) is 10.1 Å². The fraction of sp³-hybridized carbons (Fsp3) is 0.600. The van der Waals surface area contributed by atoms with E-state index in [4.69, 9.17) is 26.9 Å². The van der Waals surface area contributed by atoms with Gasteiger partial charge in [-0.25, -0.2) is 71.1 Å². The van der Waals surface area contributed by atoms with E-state index >= 15 is 0 Å². The Labute approximate surface area is 663 Å². The summed E-state index contributed by atoms with van der Waals surface area (Å²) in [5, 5.41) is 11.4. The number of nitrogens with zero attached hydrogens (tertiary/aromatic N) is 4. The van der Waals surface area contributed by atoms with Gasteiger partial charge in [-0.15, -0.1) is 24.4 Å². The summed E-state index contributed by atoms with van der Waals surface area (Å²) >= 11 is 6.49. The predicted molar refractivity (Wildman–Crippen MR) is 400 cm³/mol. The molecule has 109 heavy (non-hydrogen) atoms. The first-order chi connectivity index (χ1) is 48.9. The molecule has 0 atom stereocenters. The summed E-state index contributed by atoms with van der Waals surface area (Å²) in [6, 6.07) is 12.7. The molecule has 5 heterocycles. The number of amides is 4. The van der Waals surface area contributed by atoms with Crippen molar-refractivity contribution in [1.82, 2.24) is 24.9 Å². The number of carbonyl (C=O) groups excluding carboxylic acids is 4. The Morgan fingerprint density at radius 3 is 1.06 bits per heavy atom. The Morgan fingerprint density at radius 2 is 0.743 bits per heavy atom. The van der Waals surface area contributed by atoms with Gasteiger partial charge in [-0.1, -0.05) is 0 Å². The first-order valence-corrected chi connectivity index (χ1v) is 40.7. The van der Waals surface area contributed by atoms with Gasteiger partial charge in [-0.3, -0.25) is 4.18 Å². The number of sulfone groups is 2. The number of halogens is 8. The number of carbonyl (C=O) groups is 4. The summed E-state index contributed by atoms with van der Waals surface area (Å²) in [5.41, 5.74) is -2.07. The molecule has 5 fully saturated rings. The molecule has 9 rings (SSSR count). The first kappa shape index (κ1) is 104. The van der Waals surface area contributed by atoms with Gasteiger partial charge >= 0.3 is 44.4 Å². The molecule has 0 bridgehead atoms. The van der Waals surface area contributed by atoms with E-state index in [1.165, 1.54) is 45.0 Å². The van der Waals surface area contributed by atoms with Gasteiger partial charge in [0.2, 0.25) is 0 Å². The van der Waals surface area contributed by atoms with Crippen LogP contribution in [0.2, 0.25) is 0 Å². The average Bonchev–Trinajstić information content (AvgIpc) is 0.741. The second-order valence-corrected chi connectivity index (χ2v) is 36.9. The van der Waals surface area contributed by atoms with Crippen molar-refractivity contribution >= 4 is 112 Å². The van der Waals surface area contributed by atoms with Crippen LogP contribution in [0.25, 0.3) is 0 Å². The zero-order valence-corrected chi connectivity index (χ0v) is 70.0. The maximum atomic E-state index is 13.3. The molecular weight excluding hydrogens is 1580 g/mol. The fourth-order valence-corrected chi connectivity index (χ4v) is 15.8. The van der Waals surface area contributed by atoms with E-state index in [0.29, 0.717) is 107 Å². The number of thioether (sulfide) groups is 1. The molecule has 5 saturated heterocycles. The molecule has 0 aliphatic carbocycles. The van der Waals surface area contributed by atoms with Gasteiger partial charge < -0.3 is 59.9 Å². The van der Waals surface area contributed by atoms with E-state index in [2.05, 4.69) is 17.9 Å². The van der Waals surface area contributed by atoms with Crippen LogP contribution in [0.1, 0.15) is 147 Å². The van der Waals surface area contributed by atoms with Gasteiger partial charge in [-0.2, -0.15) is 8.42 Å². The third kappa shape index (κ3) is 38.8. The number of ether oxygens (including phenoxy) is 4. The number of rotatable bonds is 8. The van der Waals surface area contributed by atoms with E-state index in [9.17, 15) is 84.7 Å². The van der Waals surface area contributed by atoms with E-state index in [1.54, 1.807) is 41.5 Å². The molecule has 4 aromatic carbocycles. The number of hydrogen-bond acceptors (Lipinski definition) is 20. The number of likely N-dealkylation sites (tertiary alicyclic amines) is 4. The quantitative estimate of drug-likeness (QED) is 0.0368. The van der Waals surface area contributed by atoms with Crippen molar-refractivity contribution in [3.8, 4) is 0 Å². The summed E-state index contributed by atoms with van der Waals surface area (Å²) in [5.74, 6) is -7.79. The second kappa shape index (κ2) is 46.7. The van der Waals surface area contributed by atoms with Crippen LogP contribution in [0.15, 0.2) is 92.4 Å². The van der Waals surface area contributed by atoms with Crippen molar-refractivity contribution < 1.29 is 123 Å². The van der Waals surface area contributed by atoms with E-state index in [0.717, 1.165) is 72.5 Å². The van der Waals surface area contributed by atoms with Crippen molar-refractivity contribution in [3.63, 3.8) is 0 Å².